The molecule has 2 aromatic heterocycles. The van der Waals surface area contributed by atoms with Crippen LogP contribution in [0.4, 0.5) is 5.13 Å². The second-order valence-corrected chi connectivity index (χ2v) is 11.2. The molecule has 0 aliphatic heterocycles. The molecule has 5 N–H and O–H groups in total. The van der Waals surface area contributed by atoms with E-state index >= 15 is 0 Å². The summed E-state index contributed by atoms with van der Waals surface area (Å²) in [6, 6.07) is 16.0. The van der Waals surface area contributed by atoms with Gasteiger partial charge >= 0.3 is 5.97 Å². The number of carbonyl (C=O) groups is 1. The van der Waals surface area contributed by atoms with Crippen molar-refractivity contribution >= 4 is 42.7 Å². The number of rotatable bonds is 9. The third-order valence-corrected chi connectivity index (χ3v) is 7.99. The van der Waals surface area contributed by atoms with Gasteiger partial charge in [-0.05, 0) is 51.7 Å². The fraction of sp³-hybridized carbons (Fsp3) is 0.160. The lowest BCUT2D eigenvalue weighted by Crippen LogP contribution is -2.18. The van der Waals surface area contributed by atoms with Crippen LogP contribution in [0.5, 0.6) is 5.75 Å². The van der Waals surface area contributed by atoms with Gasteiger partial charge in [-0.2, -0.15) is 0 Å². The molecule has 3 aromatic carbocycles. The van der Waals surface area contributed by atoms with Gasteiger partial charge in [-0.15, -0.1) is 5.10 Å². The predicted octanol–water partition coefficient (Wildman–Crippen LogP) is 2.92. The summed E-state index contributed by atoms with van der Waals surface area (Å²) < 4.78 is 33.7. The zero-order valence-corrected chi connectivity index (χ0v) is 22.2. The first-order valence-corrected chi connectivity index (χ1v) is 14.0. The van der Waals surface area contributed by atoms with Crippen LogP contribution >= 0.6 is 11.3 Å². The van der Waals surface area contributed by atoms with Gasteiger partial charge in [-0.25, -0.2) is 23.2 Å². The Morgan fingerprint density at radius 3 is 2.56 bits per heavy atom. The Bertz CT molecular complexity index is 1800. The largest absolute Gasteiger partial charge is 0.497 e. The van der Waals surface area contributed by atoms with Crippen LogP contribution in [-0.4, -0.2) is 51.8 Å². The SMILES string of the molecule is COc1ccc(Cn2nnnc2-c2c(-c3cccc4sc(N)nc34)ccc(CCC(=O)O)c2S(N)(=O)=O)cc1. The highest BCUT2D eigenvalue weighted by molar-refractivity contribution is 7.89. The molecular formula is C25H23N7O5S2. The summed E-state index contributed by atoms with van der Waals surface area (Å²) in [6.07, 6.45) is -0.363. The minimum absolute atomic E-state index is 0.0672. The maximum absolute atomic E-state index is 13.1. The van der Waals surface area contributed by atoms with Crippen LogP contribution in [0.25, 0.3) is 32.7 Å². The van der Waals surface area contributed by atoms with E-state index in [0.717, 1.165) is 10.3 Å². The molecule has 0 bridgehead atoms. The van der Waals surface area contributed by atoms with Gasteiger partial charge < -0.3 is 15.6 Å². The van der Waals surface area contributed by atoms with Crippen LogP contribution in [-0.2, 0) is 27.8 Å². The first-order valence-electron chi connectivity index (χ1n) is 11.6. The molecule has 200 valence electrons. The summed E-state index contributed by atoms with van der Waals surface area (Å²) in [4.78, 5) is 15.6. The number of nitrogen functional groups attached to an aromatic ring is 1. The van der Waals surface area contributed by atoms with Crippen molar-refractivity contribution in [1.82, 2.24) is 25.2 Å². The lowest BCUT2D eigenvalue weighted by Gasteiger charge is -2.18. The number of aromatic nitrogens is 5. The van der Waals surface area contributed by atoms with E-state index in [-0.39, 0.29) is 41.2 Å². The molecule has 0 aliphatic carbocycles. The number of ether oxygens (including phenoxy) is 1. The molecule has 0 unspecified atom stereocenters. The van der Waals surface area contributed by atoms with E-state index in [1.807, 2.05) is 24.3 Å². The number of tetrazole rings is 1. The summed E-state index contributed by atoms with van der Waals surface area (Å²) in [7, 11) is -2.81. The fourth-order valence-corrected chi connectivity index (χ4v) is 6.20. The Labute approximate surface area is 226 Å². The predicted molar refractivity (Wildman–Crippen MR) is 146 cm³/mol. The number of aryl methyl sites for hydroxylation is 1. The quantitative estimate of drug-likeness (QED) is 0.240. The van der Waals surface area contributed by atoms with Crippen LogP contribution in [0.15, 0.2) is 59.5 Å². The first-order chi connectivity index (χ1) is 18.7. The van der Waals surface area contributed by atoms with Gasteiger partial charge in [0.1, 0.15) is 5.75 Å². The molecule has 0 saturated heterocycles. The third kappa shape index (κ3) is 5.30. The Morgan fingerprint density at radius 2 is 1.87 bits per heavy atom. The van der Waals surface area contributed by atoms with Crippen molar-refractivity contribution in [2.75, 3.05) is 12.8 Å². The Balaban J connectivity index is 1.78. The van der Waals surface area contributed by atoms with Crippen LogP contribution in [0.1, 0.15) is 17.5 Å². The number of methoxy groups -OCH3 is 1. The van der Waals surface area contributed by atoms with Gasteiger partial charge in [0.15, 0.2) is 11.0 Å². The number of para-hydroxylation sites is 1. The van der Waals surface area contributed by atoms with E-state index in [2.05, 4.69) is 20.5 Å². The van der Waals surface area contributed by atoms with Crippen molar-refractivity contribution < 1.29 is 23.1 Å². The maximum Gasteiger partial charge on any atom is 0.303 e. The molecule has 0 atom stereocenters. The molecule has 0 spiro atoms. The van der Waals surface area contributed by atoms with Gasteiger partial charge in [0.25, 0.3) is 0 Å². The number of thiazole rings is 1. The van der Waals surface area contributed by atoms with Gasteiger partial charge in [0, 0.05) is 17.5 Å². The smallest absolute Gasteiger partial charge is 0.303 e. The molecular weight excluding hydrogens is 542 g/mol. The zero-order chi connectivity index (χ0) is 27.7. The molecule has 0 fully saturated rings. The normalized spacial score (nSPS) is 11.6. The summed E-state index contributed by atoms with van der Waals surface area (Å²) >= 11 is 1.30. The second-order valence-electron chi connectivity index (χ2n) is 8.63. The van der Waals surface area contributed by atoms with E-state index < -0.39 is 16.0 Å². The zero-order valence-electron chi connectivity index (χ0n) is 20.6. The average molecular weight is 566 g/mol. The molecule has 0 aliphatic rings. The van der Waals surface area contributed by atoms with Gasteiger partial charge in [0.05, 0.1) is 28.8 Å². The molecule has 2 heterocycles. The number of benzene rings is 3. The number of nitrogens with two attached hydrogens (primary N) is 2. The number of primary sulfonamides is 1. The van der Waals surface area contributed by atoms with E-state index in [1.165, 1.54) is 16.0 Å². The molecule has 0 radical (unpaired) electrons. The summed E-state index contributed by atoms with van der Waals surface area (Å²) in [6.45, 7) is 0.211. The van der Waals surface area contributed by atoms with Crippen molar-refractivity contribution in [3.63, 3.8) is 0 Å². The van der Waals surface area contributed by atoms with Crippen LogP contribution < -0.4 is 15.6 Å². The summed E-state index contributed by atoms with van der Waals surface area (Å²) in [5, 5.41) is 27.5. The van der Waals surface area contributed by atoms with Crippen molar-refractivity contribution in [1.29, 1.82) is 0 Å². The minimum atomic E-state index is -4.38. The molecule has 0 saturated carbocycles. The fourth-order valence-electron chi connectivity index (χ4n) is 4.41. The monoisotopic (exact) mass is 565 g/mol. The highest BCUT2D eigenvalue weighted by Crippen LogP contribution is 2.41. The molecule has 39 heavy (non-hydrogen) atoms. The summed E-state index contributed by atoms with van der Waals surface area (Å²) in [5.41, 5.74) is 8.84. The lowest BCUT2D eigenvalue weighted by molar-refractivity contribution is -0.136. The first kappa shape index (κ1) is 26.2. The van der Waals surface area contributed by atoms with E-state index in [0.29, 0.717) is 27.5 Å². The van der Waals surface area contributed by atoms with Crippen molar-refractivity contribution in [3.8, 4) is 28.3 Å². The number of carboxylic acids is 1. The van der Waals surface area contributed by atoms with Gasteiger partial charge in [-0.1, -0.05) is 47.7 Å². The number of hydrogen-bond acceptors (Lipinski definition) is 10. The number of fused-ring (bicyclic) bond motifs is 1. The average Bonchev–Trinajstić information content (AvgIpc) is 3.52. The molecule has 14 heteroatoms. The topological polar surface area (TPSA) is 189 Å². The number of aliphatic carboxylic acids is 1. The number of hydrogen-bond donors (Lipinski definition) is 3. The number of sulfonamides is 1. The molecule has 5 aromatic rings. The standard InChI is InChI=1S/C25H23N7O5S2/c1-37-16-9-5-14(6-10-16)13-32-24(29-30-31-32)21-17(18-3-2-4-19-22(18)28-25(26)38-19)11-7-15(8-12-20(33)34)23(21)39(27,35)36/h2-7,9-11H,8,12-13H2,1H3,(H2,26,28)(H,33,34)(H2,27,35,36). The Hall–Kier alpha value is -4.40. The highest BCUT2D eigenvalue weighted by Gasteiger charge is 2.29. The number of anilines is 1. The van der Waals surface area contributed by atoms with Gasteiger partial charge in [0.2, 0.25) is 10.0 Å². The number of nitrogens with zero attached hydrogens (tertiary/aromatic N) is 5. The molecule has 5 rings (SSSR count). The van der Waals surface area contributed by atoms with Crippen molar-refractivity contribution in [3.05, 3.63) is 65.7 Å². The third-order valence-electron chi connectivity index (χ3n) is 6.10. The Morgan fingerprint density at radius 1 is 1.10 bits per heavy atom. The Kier molecular flexibility index (Phi) is 6.99. The van der Waals surface area contributed by atoms with E-state index in [9.17, 15) is 18.3 Å². The lowest BCUT2D eigenvalue weighted by atomic mass is 9.94. The van der Waals surface area contributed by atoms with E-state index in [4.69, 9.17) is 15.6 Å². The van der Waals surface area contributed by atoms with Crippen LogP contribution in [0.2, 0.25) is 0 Å². The van der Waals surface area contributed by atoms with E-state index in [1.54, 1.807) is 37.4 Å². The highest BCUT2D eigenvalue weighted by atomic mass is 32.2. The molecule has 12 nitrogen and oxygen atoms in total. The van der Waals surface area contributed by atoms with Crippen molar-refractivity contribution in [2.24, 2.45) is 5.14 Å². The van der Waals surface area contributed by atoms with Crippen LogP contribution in [0, 0.1) is 0 Å². The second kappa shape index (κ2) is 10.4. The maximum atomic E-state index is 13.1. The van der Waals surface area contributed by atoms with Gasteiger partial charge in [-0.3, -0.25) is 4.79 Å². The molecule has 0 amide bonds. The van der Waals surface area contributed by atoms with Crippen molar-refractivity contribution in [2.45, 2.75) is 24.3 Å². The number of carboxylic acid groups (broad SMARTS) is 1. The van der Waals surface area contributed by atoms with Crippen LogP contribution in [0.3, 0.4) is 0 Å². The minimum Gasteiger partial charge on any atom is -0.497 e. The summed E-state index contributed by atoms with van der Waals surface area (Å²) in [5.74, 6) is -0.258.